The summed E-state index contributed by atoms with van der Waals surface area (Å²) in [5.41, 5.74) is 0.861. The van der Waals surface area contributed by atoms with Gasteiger partial charge in [-0.2, -0.15) is 0 Å². The lowest BCUT2D eigenvalue weighted by Gasteiger charge is -2.22. The van der Waals surface area contributed by atoms with E-state index in [1.807, 2.05) is 62.3 Å². The van der Waals surface area contributed by atoms with Gasteiger partial charge in [0.15, 0.2) is 0 Å². The highest BCUT2D eigenvalue weighted by Crippen LogP contribution is 2.18. The lowest BCUT2D eigenvalue weighted by molar-refractivity contribution is 0.484. The molecule has 0 aliphatic carbocycles. The van der Waals surface area contributed by atoms with Crippen molar-refractivity contribution < 1.29 is 0 Å². The summed E-state index contributed by atoms with van der Waals surface area (Å²) in [5.74, 6) is 0.886. The zero-order valence-electron chi connectivity index (χ0n) is 9.53. The molecule has 0 radical (unpaired) electrons. The number of halogens is 1. The van der Waals surface area contributed by atoms with Gasteiger partial charge in [-0.15, -0.1) is 0 Å². The van der Waals surface area contributed by atoms with E-state index in [9.17, 15) is 0 Å². The topological polar surface area (TPSA) is 18.8 Å². The van der Waals surface area contributed by atoms with Crippen LogP contribution in [0.1, 0.15) is 0 Å². The number of hydrogen-bond donors (Lipinski definition) is 0. The molecule has 4 heteroatoms. The first-order valence-electron chi connectivity index (χ1n) is 4.69. The van der Waals surface area contributed by atoms with Crippen molar-refractivity contribution in [3.05, 3.63) is 29.3 Å². The molecule has 0 atom stereocenters. The smallest absolute Gasteiger partial charge is 0.200 e. The van der Waals surface area contributed by atoms with Crippen LogP contribution in [0.5, 0.6) is 0 Å². The molecule has 1 aromatic rings. The van der Waals surface area contributed by atoms with Crippen molar-refractivity contribution in [2.45, 2.75) is 0 Å². The number of benzene rings is 1. The van der Waals surface area contributed by atoms with Crippen LogP contribution < -0.4 is 0 Å². The Kier molecular flexibility index (Phi) is 3.97. The Morgan fingerprint density at radius 1 is 1.13 bits per heavy atom. The quantitative estimate of drug-likeness (QED) is 0.540. The first-order chi connectivity index (χ1) is 7.00. The minimum absolute atomic E-state index is 0.702. The van der Waals surface area contributed by atoms with Gasteiger partial charge in [-0.1, -0.05) is 17.7 Å². The van der Waals surface area contributed by atoms with Crippen molar-refractivity contribution >= 4 is 23.2 Å². The van der Waals surface area contributed by atoms with Gasteiger partial charge in [0, 0.05) is 33.2 Å². The normalized spacial score (nSPS) is 9.67. The molecule has 3 nitrogen and oxygen atoms in total. The Balaban J connectivity index is 3.02. The van der Waals surface area contributed by atoms with Crippen molar-refractivity contribution in [1.82, 2.24) is 9.80 Å². The largest absolute Gasteiger partial charge is 0.349 e. The van der Waals surface area contributed by atoms with Crippen molar-refractivity contribution in [2.24, 2.45) is 4.99 Å². The van der Waals surface area contributed by atoms with E-state index in [0.29, 0.717) is 5.02 Å². The summed E-state index contributed by atoms with van der Waals surface area (Å²) in [5, 5.41) is 0.702. The number of nitrogens with zero attached hydrogens (tertiary/aromatic N) is 3. The average molecular weight is 226 g/mol. The Hall–Kier alpha value is -1.22. The van der Waals surface area contributed by atoms with Crippen LogP contribution in [0, 0.1) is 0 Å². The van der Waals surface area contributed by atoms with Crippen LogP contribution in [0.4, 0.5) is 5.69 Å². The number of rotatable bonds is 1. The van der Waals surface area contributed by atoms with Gasteiger partial charge < -0.3 is 9.80 Å². The molecule has 0 spiro atoms. The van der Waals surface area contributed by atoms with Gasteiger partial charge in [-0.3, -0.25) is 0 Å². The van der Waals surface area contributed by atoms with Gasteiger partial charge in [0.1, 0.15) is 0 Å². The van der Waals surface area contributed by atoms with Gasteiger partial charge in [0.25, 0.3) is 0 Å². The van der Waals surface area contributed by atoms with Crippen LogP contribution in [0.2, 0.25) is 5.02 Å². The molecule has 15 heavy (non-hydrogen) atoms. The van der Waals surface area contributed by atoms with Crippen LogP contribution in [0.3, 0.4) is 0 Å². The van der Waals surface area contributed by atoms with E-state index in [4.69, 9.17) is 11.6 Å². The van der Waals surface area contributed by atoms with Gasteiger partial charge in [-0.05, 0) is 18.2 Å². The van der Waals surface area contributed by atoms with Crippen molar-refractivity contribution in [2.75, 3.05) is 28.2 Å². The van der Waals surface area contributed by atoms with Gasteiger partial charge in [0.2, 0.25) is 5.96 Å². The van der Waals surface area contributed by atoms with Gasteiger partial charge in [-0.25, -0.2) is 4.99 Å². The SMILES string of the molecule is CN(C)C(=Nc1cccc(Cl)c1)N(C)C. The summed E-state index contributed by atoms with van der Waals surface area (Å²) < 4.78 is 0. The summed E-state index contributed by atoms with van der Waals surface area (Å²) in [4.78, 5) is 8.42. The van der Waals surface area contributed by atoms with Crippen LogP contribution in [0.15, 0.2) is 29.3 Å². The molecule has 0 aliphatic heterocycles. The fourth-order valence-corrected chi connectivity index (χ4v) is 1.45. The van der Waals surface area contributed by atoms with E-state index in [1.54, 1.807) is 0 Å². The molecule has 0 amide bonds. The predicted molar refractivity (Wildman–Crippen MR) is 65.9 cm³/mol. The van der Waals surface area contributed by atoms with E-state index in [0.717, 1.165) is 11.6 Å². The molecule has 0 heterocycles. The third-order valence-electron chi connectivity index (χ3n) is 1.84. The van der Waals surface area contributed by atoms with Crippen LogP contribution in [-0.4, -0.2) is 44.0 Å². The third kappa shape index (κ3) is 3.44. The van der Waals surface area contributed by atoms with E-state index in [-0.39, 0.29) is 0 Å². The molecule has 0 aliphatic rings. The molecular weight excluding hydrogens is 210 g/mol. The number of hydrogen-bond acceptors (Lipinski definition) is 1. The molecule has 1 rings (SSSR count). The second-order valence-corrected chi connectivity index (χ2v) is 4.12. The van der Waals surface area contributed by atoms with E-state index in [1.165, 1.54) is 0 Å². The van der Waals surface area contributed by atoms with E-state index in [2.05, 4.69) is 4.99 Å². The molecule has 82 valence electrons. The molecule has 0 saturated carbocycles. The Morgan fingerprint density at radius 2 is 1.73 bits per heavy atom. The monoisotopic (exact) mass is 225 g/mol. The molecular formula is C11H16ClN3. The predicted octanol–water partition coefficient (Wildman–Crippen LogP) is 2.45. The fourth-order valence-electron chi connectivity index (χ4n) is 1.26. The van der Waals surface area contributed by atoms with Crippen molar-refractivity contribution in [3.8, 4) is 0 Å². The third-order valence-corrected chi connectivity index (χ3v) is 2.07. The molecule has 0 bridgehead atoms. The number of guanidine groups is 1. The maximum Gasteiger partial charge on any atom is 0.200 e. The highest BCUT2D eigenvalue weighted by Gasteiger charge is 2.04. The number of aliphatic imine (C=N–C) groups is 1. The molecule has 1 aromatic carbocycles. The fraction of sp³-hybridized carbons (Fsp3) is 0.364. The first-order valence-corrected chi connectivity index (χ1v) is 5.07. The summed E-state index contributed by atoms with van der Waals surface area (Å²) in [6.07, 6.45) is 0. The Bertz CT molecular complexity index is 349. The highest BCUT2D eigenvalue weighted by molar-refractivity contribution is 6.30. The van der Waals surface area contributed by atoms with E-state index < -0.39 is 0 Å². The second-order valence-electron chi connectivity index (χ2n) is 3.68. The molecule has 0 N–H and O–H groups in total. The molecule has 0 unspecified atom stereocenters. The van der Waals surface area contributed by atoms with Crippen LogP contribution in [0.25, 0.3) is 0 Å². The van der Waals surface area contributed by atoms with Gasteiger partial charge >= 0.3 is 0 Å². The average Bonchev–Trinajstić information content (AvgIpc) is 2.13. The van der Waals surface area contributed by atoms with E-state index >= 15 is 0 Å². The summed E-state index contributed by atoms with van der Waals surface area (Å²) in [7, 11) is 7.85. The highest BCUT2D eigenvalue weighted by atomic mass is 35.5. The lowest BCUT2D eigenvalue weighted by atomic mass is 10.3. The first kappa shape index (κ1) is 11.9. The summed E-state index contributed by atoms with van der Waals surface area (Å²) in [6, 6.07) is 7.50. The van der Waals surface area contributed by atoms with Gasteiger partial charge in [0.05, 0.1) is 5.69 Å². The standard InChI is InChI=1S/C11H16ClN3/c1-14(2)11(15(3)4)13-10-7-5-6-9(12)8-10/h5-8H,1-4H3. The summed E-state index contributed by atoms with van der Waals surface area (Å²) >= 11 is 5.89. The Morgan fingerprint density at radius 3 is 2.20 bits per heavy atom. The molecule has 0 aromatic heterocycles. The molecule has 0 fully saturated rings. The zero-order valence-corrected chi connectivity index (χ0v) is 10.3. The maximum absolute atomic E-state index is 5.89. The Labute approximate surface area is 96.0 Å². The zero-order chi connectivity index (χ0) is 11.4. The van der Waals surface area contributed by atoms with Crippen molar-refractivity contribution in [1.29, 1.82) is 0 Å². The summed E-state index contributed by atoms with van der Waals surface area (Å²) in [6.45, 7) is 0. The minimum Gasteiger partial charge on any atom is -0.349 e. The minimum atomic E-state index is 0.702. The van der Waals surface area contributed by atoms with Crippen molar-refractivity contribution in [3.63, 3.8) is 0 Å². The second kappa shape index (κ2) is 5.03. The van der Waals surface area contributed by atoms with Crippen LogP contribution >= 0.6 is 11.6 Å². The lowest BCUT2D eigenvalue weighted by Crippen LogP contribution is -2.35. The van der Waals surface area contributed by atoms with Crippen LogP contribution in [-0.2, 0) is 0 Å². The molecule has 0 saturated heterocycles. The maximum atomic E-state index is 5.89.